The molecule has 1 heterocycles. The second kappa shape index (κ2) is 12.4. The van der Waals surface area contributed by atoms with Crippen molar-refractivity contribution in [1.29, 1.82) is 0 Å². The molecule has 3 rings (SSSR count). The largest absolute Gasteiger partial charge is 0.372 e. The lowest BCUT2D eigenvalue weighted by molar-refractivity contribution is 0.107. The van der Waals surface area contributed by atoms with Crippen molar-refractivity contribution in [2.24, 2.45) is 4.99 Å². The monoisotopic (exact) mass is 408 g/mol. The van der Waals surface area contributed by atoms with Gasteiger partial charge in [-0.1, -0.05) is 61.5 Å². The number of guanidine groups is 1. The number of ether oxygens (including phenoxy) is 1. The number of hydrogen-bond donors (Lipinski definition) is 2. The predicted octanol–water partition coefficient (Wildman–Crippen LogP) is 3.94. The van der Waals surface area contributed by atoms with Gasteiger partial charge < -0.3 is 20.3 Å². The van der Waals surface area contributed by atoms with Crippen LogP contribution in [0, 0.1) is 0 Å². The molecule has 0 radical (unpaired) electrons. The van der Waals surface area contributed by atoms with Crippen molar-refractivity contribution < 1.29 is 4.74 Å². The Labute approximate surface area is 181 Å². The van der Waals surface area contributed by atoms with Crippen LogP contribution in [0.5, 0.6) is 0 Å². The summed E-state index contributed by atoms with van der Waals surface area (Å²) in [5, 5.41) is 7.06. The molecule has 2 aromatic carbocycles. The normalized spacial score (nSPS) is 15.9. The zero-order valence-corrected chi connectivity index (χ0v) is 18.4. The number of piperidine rings is 1. The number of likely N-dealkylation sites (tertiary alicyclic amines) is 1. The predicted molar refractivity (Wildman–Crippen MR) is 124 cm³/mol. The molecule has 1 aliphatic rings. The Morgan fingerprint density at radius 2 is 1.70 bits per heavy atom. The SMILES string of the molecule is CCCN1CCC(NC(=NC)NCc2cccc(COCc3ccccc3)c2)CC1. The van der Waals surface area contributed by atoms with Crippen LogP contribution >= 0.6 is 0 Å². The molecule has 0 saturated carbocycles. The van der Waals surface area contributed by atoms with Crippen molar-refractivity contribution in [3.63, 3.8) is 0 Å². The van der Waals surface area contributed by atoms with Crippen LogP contribution in [0.3, 0.4) is 0 Å². The summed E-state index contributed by atoms with van der Waals surface area (Å²) in [5.74, 6) is 0.884. The molecule has 0 bridgehead atoms. The third kappa shape index (κ3) is 7.47. The van der Waals surface area contributed by atoms with E-state index < -0.39 is 0 Å². The van der Waals surface area contributed by atoms with Crippen molar-refractivity contribution in [3.8, 4) is 0 Å². The Morgan fingerprint density at radius 1 is 1.00 bits per heavy atom. The third-order valence-corrected chi connectivity index (χ3v) is 5.52. The van der Waals surface area contributed by atoms with Gasteiger partial charge in [0.25, 0.3) is 0 Å². The fourth-order valence-electron chi connectivity index (χ4n) is 3.88. The summed E-state index contributed by atoms with van der Waals surface area (Å²) in [4.78, 5) is 6.97. The number of benzene rings is 2. The lowest BCUT2D eigenvalue weighted by Gasteiger charge is -2.32. The van der Waals surface area contributed by atoms with Gasteiger partial charge in [-0.3, -0.25) is 4.99 Å². The lowest BCUT2D eigenvalue weighted by atomic mass is 10.1. The molecular weight excluding hydrogens is 372 g/mol. The number of hydrogen-bond acceptors (Lipinski definition) is 3. The first-order valence-electron chi connectivity index (χ1n) is 11.2. The van der Waals surface area contributed by atoms with Crippen molar-refractivity contribution in [2.45, 2.75) is 52.0 Å². The fraction of sp³-hybridized carbons (Fsp3) is 0.480. The van der Waals surface area contributed by atoms with E-state index in [0.29, 0.717) is 19.3 Å². The average molecular weight is 409 g/mol. The molecule has 5 nitrogen and oxygen atoms in total. The lowest BCUT2D eigenvalue weighted by Crippen LogP contribution is -2.48. The number of nitrogens with zero attached hydrogens (tertiary/aromatic N) is 2. The Bertz CT molecular complexity index is 770. The van der Waals surface area contributed by atoms with Crippen LogP contribution in [0.15, 0.2) is 59.6 Å². The molecule has 5 heteroatoms. The van der Waals surface area contributed by atoms with Gasteiger partial charge in [-0.05, 0) is 42.5 Å². The van der Waals surface area contributed by atoms with Gasteiger partial charge in [-0.15, -0.1) is 0 Å². The van der Waals surface area contributed by atoms with Gasteiger partial charge in [-0.2, -0.15) is 0 Å². The molecule has 162 valence electrons. The van der Waals surface area contributed by atoms with Gasteiger partial charge in [-0.25, -0.2) is 0 Å². The third-order valence-electron chi connectivity index (χ3n) is 5.52. The van der Waals surface area contributed by atoms with E-state index >= 15 is 0 Å². The smallest absolute Gasteiger partial charge is 0.191 e. The zero-order valence-electron chi connectivity index (χ0n) is 18.4. The highest BCUT2D eigenvalue weighted by atomic mass is 16.5. The molecule has 0 atom stereocenters. The highest BCUT2D eigenvalue weighted by Gasteiger charge is 2.19. The summed E-state index contributed by atoms with van der Waals surface area (Å²) in [6, 6.07) is 19.3. The maximum atomic E-state index is 5.87. The van der Waals surface area contributed by atoms with Crippen LogP contribution in [-0.2, 0) is 24.5 Å². The fourth-order valence-corrected chi connectivity index (χ4v) is 3.88. The van der Waals surface area contributed by atoms with Crippen molar-refractivity contribution in [2.75, 3.05) is 26.7 Å². The molecule has 2 N–H and O–H groups in total. The summed E-state index contributed by atoms with van der Waals surface area (Å²) >= 11 is 0. The molecule has 1 saturated heterocycles. The van der Waals surface area contributed by atoms with E-state index in [2.05, 4.69) is 63.8 Å². The van der Waals surface area contributed by atoms with Crippen LogP contribution in [0.4, 0.5) is 0 Å². The Morgan fingerprint density at radius 3 is 2.43 bits per heavy atom. The number of aliphatic imine (C=N–C) groups is 1. The molecule has 0 aromatic heterocycles. The summed E-state index contributed by atoms with van der Waals surface area (Å²) in [6.07, 6.45) is 3.58. The van der Waals surface area contributed by atoms with Crippen LogP contribution < -0.4 is 10.6 Å². The molecule has 1 aliphatic heterocycles. The maximum Gasteiger partial charge on any atom is 0.191 e. The molecule has 0 unspecified atom stereocenters. The second-order valence-electron chi connectivity index (χ2n) is 7.98. The maximum absolute atomic E-state index is 5.87. The molecule has 0 amide bonds. The van der Waals surface area contributed by atoms with E-state index in [9.17, 15) is 0 Å². The standard InChI is InChI=1S/C25H36N4O/c1-3-14-29-15-12-24(13-16-29)28-25(26-2)27-18-22-10-7-11-23(17-22)20-30-19-21-8-5-4-6-9-21/h4-11,17,24H,3,12-16,18-20H2,1-2H3,(H2,26,27,28). The molecular formula is C25H36N4O. The summed E-state index contributed by atoms with van der Waals surface area (Å²) < 4.78 is 5.87. The first-order valence-corrected chi connectivity index (χ1v) is 11.2. The highest BCUT2D eigenvalue weighted by Crippen LogP contribution is 2.11. The van der Waals surface area contributed by atoms with Crippen LogP contribution in [0.1, 0.15) is 42.9 Å². The van der Waals surface area contributed by atoms with E-state index in [4.69, 9.17) is 4.74 Å². The van der Waals surface area contributed by atoms with Gasteiger partial charge in [0.1, 0.15) is 0 Å². The summed E-state index contributed by atoms with van der Waals surface area (Å²) in [6.45, 7) is 7.82. The van der Waals surface area contributed by atoms with Crippen molar-refractivity contribution in [3.05, 3.63) is 71.3 Å². The molecule has 0 aliphatic carbocycles. The van der Waals surface area contributed by atoms with E-state index in [1.54, 1.807) is 0 Å². The van der Waals surface area contributed by atoms with E-state index in [1.807, 2.05) is 25.2 Å². The first-order chi connectivity index (χ1) is 14.8. The van der Waals surface area contributed by atoms with Crippen molar-refractivity contribution >= 4 is 5.96 Å². The van der Waals surface area contributed by atoms with E-state index in [-0.39, 0.29) is 0 Å². The Kier molecular flexibility index (Phi) is 9.19. The van der Waals surface area contributed by atoms with E-state index in [1.165, 1.54) is 55.6 Å². The van der Waals surface area contributed by atoms with Crippen molar-refractivity contribution in [1.82, 2.24) is 15.5 Å². The minimum Gasteiger partial charge on any atom is -0.372 e. The first kappa shape index (κ1) is 22.3. The summed E-state index contributed by atoms with van der Waals surface area (Å²) in [7, 11) is 1.84. The Hall–Kier alpha value is -2.37. The number of nitrogens with one attached hydrogen (secondary N) is 2. The molecule has 30 heavy (non-hydrogen) atoms. The molecule has 0 spiro atoms. The quantitative estimate of drug-likeness (QED) is 0.487. The van der Waals surface area contributed by atoms with Crippen LogP contribution in [0.25, 0.3) is 0 Å². The van der Waals surface area contributed by atoms with Gasteiger partial charge in [0.2, 0.25) is 0 Å². The summed E-state index contributed by atoms with van der Waals surface area (Å²) in [5.41, 5.74) is 3.62. The minimum atomic E-state index is 0.502. The van der Waals surface area contributed by atoms with Gasteiger partial charge in [0.05, 0.1) is 13.2 Å². The van der Waals surface area contributed by atoms with Gasteiger partial charge in [0.15, 0.2) is 5.96 Å². The molecule has 1 fully saturated rings. The number of rotatable bonds is 9. The topological polar surface area (TPSA) is 48.9 Å². The second-order valence-corrected chi connectivity index (χ2v) is 7.98. The Balaban J connectivity index is 1.41. The van der Waals surface area contributed by atoms with Crippen LogP contribution in [0.2, 0.25) is 0 Å². The highest BCUT2D eigenvalue weighted by molar-refractivity contribution is 5.79. The molecule has 2 aromatic rings. The van der Waals surface area contributed by atoms with E-state index in [0.717, 1.165) is 12.5 Å². The van der Waals surface area contributed by atoms with Crippen LogP contribution in [-0.4, -0.2) is 43.6 Å². The minimum absolute atomic E-state index is 0.502. The zero-order chi connectivity index (χ0) is 21.0. The van der Waals surface area contributed by atoms with Gasteiger partial charge in [0, 0.05) is 32.7 Å². The average Bonchev–Trinajstić information content (AvgIpc) is 2.79. The van der Waals surface area contributed by atoms with Gasteiger partial charge >= 0.3 is 0 Å².